The third-order valence-corrected chi connectivity index (χ3v) is 3.69. The number of aliphatic imine (C=N–C) groups is 1. The molecule has 5 heteroatoms. The van der Waals surface area contributed by atoms with E-state index in [4.69, 9.17) is 9.47 Å². The zero-order chi connectivity index (χ0) is 14.8. The Morgan fingerprint density at radius 3 is 2.40 bits per heavy atom. The number of hydrogen-bond donors (Lipinski definition) is 2. The topological polar surface area (TPSA) is 54.9 Å². The van der Waals surface area contributed by atoms with Crippen molar-refractivity contribution in [2.45, 2.75) is 26.3 Å². The number of nitrogens with one attached hydrogen (secondary N) is 2. The van der Waals surface area contributed by atoms with E-state index in [0.717, 1.165) is 11.6 Å². The van der Waals surface area contributed by atoms with Gasteiger partial charge in [-0.2, -0.15) is 0 Å². The highest BCUT2D eigenvalue weighted by Crippen LogP contribution is 2.44. The maximum atomic E-state index is 5.29. The zero-order valence-corrected chi connectivity index (χ0v) is 12.8. The summed E-state index contributed by atoms with van der Waals surface area (Å²) in [7, 11) is 5.02. The Morgan fingerprint density at radius 2 is 1.90 bits per heavy atom. The zero-order valence-electron chi connectivity index (χ0n) is 12.8. The smallest absolute Gasteiger partial charge is 0.195 e. The van der Waals surface area contributed by atoms with Crippen molar-refractivity contribution in [3.8, 4) is 11.5 Å². The van der Waals surface area contributed by atoms with E-state index in [1.165, 1.54) is 6.42 Å². The number of nitrogens with zero attached hydrogens (tertiary/aromatic N) is 1. The molecule has 1 atom stereocenters. The Labute approximate surface area is 120 Å². The molecule has 2 rings (SSSR count). The summed E-state index contributed by atoms with van der Waals surface area (Å²) in [4.78, 5) is 4.25. The van der Waals surface area contributed by atoms with Crippen LogP contribution in [0.3, 0.4) is 0 Å². The van der Waals surface area contributed by atoms with Crippen LogP contribution in [0, 0.1) is 5.41 Å². The maximum absolute atomic E-state index is 5.29. The van der Waals surface area contributed by atoms with Crippen molar-refractivity contribution in [3.05, 3.63) is 18.2 Å². The molecule has 0 aliphatic heterocycles. The number of hydrogen-bond acceptors (Lipinski definition) is 3. The first kappa shape index (κ1) is 14.5. The summed E-state index contributed by atoms with van der Waals surface area (Å²) in [5.41, 5.74) is 1.27. The fraction of sp³-hybridized carbons (Fsp3) is 0.533. The molecule has 1 aromatic rings. The number of anilines is 1. The summed E-state index contributed by atoms with van der Waals surface area (Å²) in [6.45, 7) is 4.49. The van der Waals surface area contributed by atoms with Crippen molar-refractivity contribution in [2.75, 3.05) is 26.6 Å². The molecule has 1 aromatic carbocycles. The molecule has 2 N–H and O–H groups in total. The Bertz CT molecular complexity index is 512. The summed E-state index contributed by atoms with van der Waals surface area (Å²) in [6.07, 6.45) is 1.17. The van der Waals surface area contributed by atoms with E-state index in [9.17, 15) is 0 Å². The Morgan fingerprint density at radius 1 is 1.25 bits per heavy atom. The van der Waals surface area contributed by atoms with Crippen LogP contribution in [-0.4, -0.2) is 33.3 Å². The average molecular weight is 277 g/mol. The van der Waals surface area contributed by atoms with Crippen molar-refractivity contribution < 1.29 is 9.47 Å². The molecule has 0 amide bonds. The van der Waals surface area contributed by atoms with Crippen molar-refractivity contribution in [3.63, 3.8) is 0 Å². The van der Waals surface area contributed by atoms with Gasteiger partial charge in [-0.3, -0.25) is 4.99 Å². The average Bonchev–Trinajstić information content (AvgIpc) is 3.04. The Balaban J connectivity index is 2.04. The van der Waals surface area contributed by atoms with Crippen molar-refractivity contribution in [1.29, 1.82) is 0 Å². The van der Waals surface area contributed by atoms with Gasteiger partial charge in [-0.15, -0.1) is 0 Å². The molecule has 0 bridgehead atoms. The Hall–Kier alpha value is -1.91. The van der Waals surface area contributed by atoms with Crippen LogP contribution in [0.5, 0.6) is 11.5 Å². The van der Waals surface area contributed by atoms with Gasteiger partial charge >= 0.3 is 0 Å². The molecule has 1 fully saturated rings. The molecule has 5 nitrogen and oxygen atoms in total. The van der Waals surface area contributed by atoms with Crippen LogP contribution in [0.4, 0.5) is 5.69 Å². The number of rotatable bonds is 4. The van der Waals surface area contributed by atoms with Crippen molar-refractivity contribution in [1.82, 2.24) is 5.32 Å². The van der Waals surface area contributed by atoms with E-state index in [2.05, 4.69) is 29.5 Å². The van der Waals surface area contributed by atoms with Gasteiger partial charge in [0.2, 0.25) is 0 Å². The summed E-state index contributed by atoms with van der Waals surface area (Å²) in [6, 6.07) is 6.18. The lowest BCUT2D eigenvalue weighted by Gasteiger charge is -2.14. The van der Waals surface area contributed by atoms with E-state index < -0.39 is 0 Å². The molecule has 0 radical (unpaired) electrons. The molecule has 110 valence electrons. The molecule has 1 unspecified atom stereocenters. The second kappa shape index (κ2) is 5.61. The minimum absolute atomic E-state index is 0.356. The minimum Gasteiger partial charge on any atom is -0.493 e. The van der Waals surface area contributed by atoms with Gasteiger partial charge in [0.15, 0.2) is 17.5 Å². The fourth-order valence-electron chi connectivity index (χ4n) is 2.09. The van der Waals surface area contributed by atoms with Crippen molar-refractivity contribution in [2.24, 2.45) is 10.4 Å². The highest BCUT2D eigenvalue weighted by atomic mass is 16.5. The molecule has 0 heterocycles. The minimum atomic E-state index is 0.356. The number of guanidine groups is 1. The summed E-state index contributed by atoms with van der Waals surface area (Å²) in [5, 5.41) is 6.68. The molecule has 20 heavy (non-hydrogen) atoms. The quantitative estimate of drug-likeness (QED) is 0.656. The lowest BCUT2D eigenvalue weighted by atomic mass is 10.2. The van der Waals surface area contributed by atoms with Crippen LogP contribution < -0.4 is 20.1 Å². The lowest BCUT2D eigenvalue weighted by Crippen LogP contribution is -2.34. The Kier molecular flexibility index (Phi) is 4.06. The van der Waals surface area contributed by atoms with E-state index >= 15 is 0 Å². The van der Waals surface area contributed by atoms with Gasteiger partial charge in [-0.1, -0.05) is 13.8 Å². The molecule has 1 aliphatic carbocycles. The number of methoxy groups -OCH3 is 2. The van der Waals surface area contributed by atoms with Crippen LogP contribution in [0.2, 0.25) is 0 Å². The maximum Gasteiger partial charge on any atom is 0.195 e. The third-order valence-electron chi connectivity index (χ3n) is 3.69. The van der Waals surface area contributed by atoms with Gasteiger partial charge in [-0.25, -0.2) is 0 Å². The summed E-state index contributed by atoms with van der Waals surface area (Å²) < 4.78 is 10.5. The van der Waals surface area contributed by atoms with Crippen LogP contribution in [0.25, 0.3) is 0 Å². The van der Waals surface area contributed by atoms with Gasteiger partial charge < -0.3 is 20.1 Å². The van der Waals surface area contributed by atoms with Crippen LogP contribution in [-0.2, 0) is 0 Å². The highest BCUT2D eigenvalue weighted by Gasteiger charge is 2.46. The second-order valence-electron chi connectivity index (χ2n) is 5.66. The molecule has 0 aromatic heterocycles. The first-order valence-corrected chi connectivity index (χ1v) is 6.72. The van der Waals surface area contributed by atoms with Gasteiger partial charge in [0, 0.05) is 24.8 Å². The van der Waals surface area contributed by atoms with E-state index in [0.29, 0.717) is 23.0 Å². The number of ether oxygens (including phenoxy) is 2. The van der Waals surface area contributed by atoms with Crippen LogP contribution in [0.15, 0.2) is 23.2 Å². The predicted molar refractivity (Wildman–Crippen MR) is 81.8 cm³/mol. The first-order valence-electron chi connectivity index (χ1n) is 6.72. The summed E-state index contributed by atoms with van der Waals surface area (Å²) >= 11 is 0. The second-order valence-corrected chi connectivity index (χ2v) is 5.66. The summed E-state index contributed by atoms with van der Waals surface area (Å²) in [5.74, 6) is 2.18. The third kappa shape index (κ3) is 3.15. The van der Waals surface area contributed by atoms with E-state index in [1.807, 2.05) is 18.2 Å². The van der Waals surface area contributed by atoms with Gasteiger partial charge in [0.25, 0.3) is 0 Å². The molecular weight excluding hydrogens is 254 g/mol. The monoisotopic (exact) mass is 277 g/mol. The molecule has 1 aliphatic rings. The highest BCUT2D eigenvalue weighted by molar-refractivity contribution is 5.94. The van der Waals surface area contributed by atoms with Gasteiger partial charge in [0.05, 0.1) is 14.2 Å². The van der Waals surface area contributed by atoms with E-state index in [-0.39, 0.29) is 0 Å². The number of benzene rings is 1. The fourth-order valence-corrected chi connectivity index (χ4v) is 2.09. The largest absolute Gasteiger partial charge is 0.493 e. The molecule has 1 saturated carbocycles. The SMILES string of the molecule is CN=C(Nc1ccc(OC)c(OC)c1)NC1CC1(C)C. The van der Waals surface area contributed by atoms with E-state index in [1.54, 1.807) is 21.3 Å². The molecular formula is C15H23N3O2. The van der Waals surface area contributed by atoms with Gasteiger partial charge in [0.1, 0.15) is 0 Å². The normalized spacial score (nSPS) is 20.2. The molecule has 0 saturated heterocycles. The van der Waals surface area contributed by atoms with Crippen molar-refractivity contribution >= 4 is 11.6 Å². The van der Waals surface area contributed by atoms with Gasteiger partial charge in [-0.05, 0) is 24.0 Å². The first-order chi connectivity index (χ1) is 9.50. The molecule has 0 spiro atoms. The predicted octanol–water partition coefficient (Wildman–Crippen LogP) is 2.49. The lowest BCUT2D eigenvalue weighted by molar-refractivity contribution is 0.355. The van der Waals surface area contributed by atoms with Crippen LogP contribution in [0.1, 0.15) is 20.3 Å². The standard InChI is InChI=1S/C15H23N3O2/c1-15(2)9-13(15)18-14(16-3)17-10-6-7-11(19-4)12(8-10)20-5/h6-8,13H,9H2,1-5H3,(H2,16,17,18). The van der Waals surface area contributed by atoms with Crippen LogP contribution >= 0.6 is 0 Å².